The minimum atomic E-state index is -1.97. The molecule has 3 rings (SSSR count). The fourth-order valence-electron chi connectivity index (χ4n) is 6.76. The van der Waals surface area contributed by atoms with Crippen molar-refractivity contribution < 1.29 is 24.3 Å². The minimum absolute atomic E-state index is 0.00215. The Bertz CT molecular complexity index is 1250. The van der Waals surface area contributed by atoms with Crippen molar-refractivity contribution in [3.8, 4) is 0 Å². The standard InChI is InChI=1S/C31H41NO5/c1-16(2)21(14-29(6,7)8)11-23(19(5)33)20-10-22-15-30(9)13-17(3)25(28(32)36)27(35)31(30,37)18(4)26(22)24(34)12-20/h11,22,37H,1,10,12-15H2,2-9H3,(H2,32,36)/b21-11-,23-20+/t22-,30+,31-/m0/s1. The third kappa shape index (κ3) is 4.88. The van der Waals surface area contributed by atoms with E-state index in [-0.39, 0.29) is 34.9 Å². The first kappa shape index (κ1) is 28.7. The van der Waals surface area contributed by atoms with Gasteiger partial charge in [-0.2, -0.15) is 0 Å². The van der Waals surface area contributed by atoms with Crippen LogP contribution in [-0.4, -0.2) is 34.0 Å². The highest BCUT2D eigenvalue weighted by molar-refractivity contribution is 6.24. The van der Waals surface area contributed by atoms with Crippen LogP contribution in [0.25, 0.3) is 0 Å². The third-order valence-corrected chi connectivity index (χ3v) is 8.32. The molecule has 6 nitrogen and oxygen atoms in total. The SMILES string of the molecule is C=C(C)/C(=C\C(C(C)=O)=C1/CC(=O)C2=C(C)[C@]3(O)C(=O)C(C(N)=O)=C(C)C[C@]3(C)C[C@@H]2C1)CC(C)(C)C. The second-order valence-corrected chi connectivity index (χ2v) is 12.8. The van der Waals surface area contributed by atoms with Gasteiger partial charge in [0.1, 0.15) is 0 Å². The zero-order chi connectivity index (χ0) is 28.2. The number of hydrogen-bond acceptors (Lipinski definition) is 5. The van der Waals surface area contributed by atoms with Gasteiger partial charge < -0.3 is 10.8 Å². The lowest BCUT2D eigenvalue weighted by molar-refractivity contribution is -0.149. The smallest absolute Gasteiger partial charge is 0.252 e. The number of fused-ring (bicyclic) bond motifs is 2. The second-order valence-electron chi connectivity index (χ2n) is 12.8. The third-order valence-electron chi connectivity index (χ3n) is 8.32. The zero-order valence-electron chi connectivity index (χ0n) is 23.6. The molecule has 3 atom stereocenters. The maximum Gasteiger partial charge on any atom is 0.252 e. The molecule has 0 unspecified atom stereocenters. The van der Waals surface area contributed by atoms with E-state index in [4.69, 9.17) is 5.73 Å². The van der Waals surface area contributed by atoms with E-state index in [9.17, 15) is 24.3 Å². The van der Waals surface area contributed by atoms with Gasteiger partial charge in [0, 0.05) is 23.0 Å². The molecule has 0 radical (unpaired) electrons. The highest BCUT2D eigenvalue weighted by Crippen LogP contribution is 2.58. The summed E-state index contributed by atoms with van der Waals surface area (Å²) >= 11 is 0. The van der Waals surface area contributed by atoms with Crippen molar-refractivity contribution in [3.05, 3.63) is 57.2 Å². The molecule has 0 aromatic rings. The van der Waals surface area contributed by atoms with E-state index in [1.165, 1.54) is 6.92 Å². The number of Topliss-reactive ketones (excluding diaryl/α,β-unsaturated/α-hetero) is 3. The molecule has 0 spiro atoms. The van der Waals surface area contributed by atoms with E-state index >= 15 is 0 Å². The number of ketones is 3. The Morgan fingerprint density at radius 3 is 2.27 bits per heavy atom. The van der Waals surface area contributed by atoms with E-state index in [0.717, 1.165) is 23.1 Å². The molecule has 1 fully saturated rings. The molecule has 0 aromatic heterocycles. The maximum atomic E-state index is 13.6. The summed E-state index contributed by atoms with van der Waals surface area (Å²) < 4.78 is 0. The van der Waals surface area contributed by atoms with Crippen LogP contribution in [0.1, 0.15) is 87.5 Å². The molecule has 3 N–H and O–H groups in total. The Kier molecular flexibility index (Phi) is 7.34. The molecular weight excluding hydrogens is 466 g/mol. The minimum Gasteiger partial charge on any atom is -0.377 e. The molecule has 0 aliphatic heterocycles. The monoisotopic (exact) mass is 507 g/mol. The summed E-state index contributed by atoms with van der Waals surface area (Å²) in [6.07, 6.45) is 3.88. The number of amides is 1. The first-order valence-corrected chi connectivity index (χ1v) is 12.9. The Hall–Kier alpha value is -2.86. The molecule has 3 aliphatic rings. The molecule has 0 saturated heterocycles. The van der Waals surface area contributed by atoms with Gasteiger partial charge in [-0.15, -0.1) is 0 Å². The number of hydrogen-bond donors (Lipinski definition) is 2. The molecule has 0 bridgehead atoms. The van der Waals surface area contributed by atoms with Gasteiger partial charge in [0.25, 0.3) is 5.91 Å². The van der Waals surface area contributed by atoms with Crippen molar-refractivity contribution in [1.82, 2.24) is 0 Å². The average Bonchev–Trinajstić information content (AvgIpc) is 2.71. The molecule has 1 amide bonds. The van der Waals surface area contributed by atoms with E-state index in [2.05, 4.69) is 27.4 Å². The van der Waals surface area contributed by atoms with Crippen LogP contribution in [-0.2, 0) is 19.2 Å². The molecule has 6 heteroatoms. The number of carbonyl (C=O) groups excluding carboxylic acids is 4. The normalized spacial score (nSPS) is 30.2. The van der Waals surface area contributed by atoms with Crippen molar-refractivity contribution in [1.29, 1.82) is 0 Å². The number of rotatable bonds is 5. The summed E-state index contributed by atoms with van der Waals surface area (Å²) in [4.78, 5) is 51.9. The van der Waals surface area contributed by atoms with Crippen molar-refractivity contribution in [3.63, 3.8) is 0 Å². The largest absolute Gasteiger partial charge is 0.377 e. The molecule has 1 saturated carbocycles. The number of allylic oxidation sites excluding steroid dienone is 7. The van der Waals surface area contributed by atoms with Gasteiger partial charge in [-0.1, -0.05) is 51.0 Å². The van der Waals surface area contributed by atoms with Gasteiger partial charge in [-0.05, 0) is 81.9 Å². The lowest BCUT2D eigenvalue weighted by atomic mass is 9.50. The van der Waals surface area contributed by atoms with Crippen LogP contribution in [0.5, 0.6) is 0 Å². The first-order chi connectivity index (χ1) is 16.8. The highest BCUT2D eigenvalue weighted by atomic mass is 16.3. The Labute approximate surface area is 220 Å². The summed E-state index contributed by atoms with van der Waals surface area (Å²) in [6.45, 7) is 19.1. The number of carbonyl (C=O) groups is 4. The van der Waals surface area contributed by atoms with E-state index in [1.807, 2.05) is 19.9 Å². The predicted molar refractivity (Wildman–Crippen MR) is 144 cm³/mol. The summed E-state index contributed by atoms with van der Waals surface area (Å²) in [5.41, 5.74) is 6.96. The van der Waals surface area contributed by atoms with Crippen LogP contribution in [0.3, 0.4) is 0 Å². The van der Waals surface area contributed by atoms with Crippen LogP contribution in [0.4, 0.5) is 0 Å². The van der Waals surface area contributed by atoms with Gasteiger partial charge in [-0.25, -0.2) is 0 Å². The van der Waals surface area contributed by atoms with E-state index in [1.54, 1.807) is 13.8 Å². The topological polar surface area (TPSA) is 115 Å². The van der Waals surface area contributed by atoms with Crippen LogP contribution in [0, 0.1) is 16.7 Å². The molecular formula is C31H41NO5. The van der Waals surface area contributed by atoms with Crippen molar-refractivity contribution in [2.75, 3.05) is 0 Å². The molecule has 0 heterocycles. The fourth-order valence-corrected chi connectivity index (χ4v) is 6.76. The van der Waals surface area contributed by atoms with Gasteiger partial charge in [0.05, 0.1) is 5.57 Å². The van der Waals surface area contributed by atoms with E-state index < -0.39 is 22.7 Å². The lowest BCUT2D eigenvalue weighted by Gasteiger charge is -2.54. The van der Waals surface area contributed by atoms with Crippen molar-refractivity contribution in [2.45, 2.75) is 93.1 Å². The van der Waals surface area contributed by atoms with Crippen molar-refractivity contribution >= 4 is 23.3 Å². The number of aliphatic hydroxyl groups is 1. The summed E-state index contributed by atoms with van der Waals surface area (Å²) in [5.74, 6) is -2.12. The van der Waals surface area contributed by atoms with Gasteiger partial charge in [-0.3, -0.25) is 19.2 Å². The molecule has 200 valence electrons. The Balaban J connectivity index is 2.15. The lowest BCUT2D eigenvalue weighted by Crippen LogP contribution is -2.61. The molecule has 37 heavy (non-hydrogen) atoms. The molecule has 3 aliphatic carbocycles. The van der Waals surface area contributed by atoms with Crippen LogP contribution in [0.2, 0.25) is 0 Å². The first-order valence-electron chi connectivity index (χ1n) is 12.9. The summed E-state index contributed by atoms with van der Waals surface area (Å²) in [7, 11) is 0. The Morgan fingerprint density at radius 2 is 1.78 bits per heavy atom. The van der Waals surface area contributed by atoms with Gasteiger partial charge in [0.2, 0.25) is 5.78 Å². The van der Waals surface area contributed by atoms with Crippen molar-refractivity contribution in [2.24, 2.45) is 22.5 Å². The number of nitrogens with two attached hydrogens (primary N) is 1. The fraction of sp³-hybridized carbons (Fsp3) is 0.548. The van der Waals surface area contributed by atoms with Gasteiger partial charge >= 0.3 is 0 Å². The number of primary amides is 1. The van der Waals surface area contributed by atoms with Crippen LogP contribution in [0.15, 0.2) is 57.2 Å². The van der Waals surface area contributed by atoms with E-state index in [0.29, 0.717) is 41.6 Å². The predicted octanol–water partition coefficient (Wildman–Crippen LogP) is 5.02. The maximum absolute atomic E-state index is 13.6. The highest BCUT2D eigenvalue weighted by Gasteiger charge is 2.62. The Morgan fingerprint density at radius 1 is 1.19 bits per heavy atom. The second kappa shape index (κ2) is 9.46. The quantitative estimate of drug-likeness (QED) is 0.308. The van der Waals surface area contributed by atoms with Crippen LogP contribution >= 0.6 is 0 Å². The average molecular weight is 508 g/mol. The summed E-state index contributed by atoms with van der Waals surface area (Å²) in [5, 5.41) is 11.8. The molecule has 0 aromatic carbocycles. The van der Waals surface area contributed by atoms with Gasteiger partial charge in [0.15, 0.2) is 17.2 Å². The zero-order valence-corrected chi connectivity index (χ0v) is 23.6. The summed E-state index contributed by atoms with van der Waals surface area (Å²) in [6, 6.07) is 0. The van der Waals surface area contributed by atoms with Crippen LogP contribution < -0.4 is 5.73 Å².